The van der Waals surface area contributed by atoms with E-state index in [1.165, 1.54) is 12.1 Å². The first-order valence-corrected chi connectivity index (χ1v) is 14.3. The fourth-order valence-corrected chi connectivity index (χ4v) is 5.89. The van der Waals surface area contributed by atoms with Crippen LogP contribution in [-0.4, -0.2) is 62.6 Å². The Hall–Kier alpha value is -4.47. The maximum Gasteiger partial charge on any atom is 0.335 e. The van der Waals surface area contributed by atoms with E-state index in [9.17, 15) is 9.59 Å². The van der Waals surface area contributed by atoms with Crippen molar-refractivity contribution >= 4 is 29.3 Å². The van der Waals surface area contributed by atoms with Crippen molar-refractivity contribution in [2.24, 2.45) is 0 Å². The summed E-state index contributed by atoms with van der Waals surface area (Å²) in [5, 5.41) is 9.71. The highest BCUT2D eigenvalue weighted by atomic mass is 35.5. The van der Waals surface area contributed by atoms with Gasteiger partial charge in [-0.05, 0) is 66.9 Å². The first-order valence-electron chi connectivity index (χ1n) is 13.9. The molecule has 0 bridgehead atoms. The number of halogens is 1. The molecule has 42 heavy (non-hydrogen) atoms. The van der Waals surface area contributed by atoms with Gasteiger partial charge >= 0.3 is 18.0 Å². The molecule has 4 aromatic rings. The highest BCUT2D eigenvalue weighted by Crippen LogP contribution is 2.37. The van der Waals surface area contributed by atoms with Crippen LogP contribution < -0.4 is 9.64 Å². The van der Waals surface area contributed by atoms with E-state index in [1.807, 2.05) is 53.4 Å². The number of likely N-dealkylation sites (tertiary alicyclic amines) is 1. The lowest BCUT2D eigenvalue weighted by Gasteiger charge is -2.39. The Morgan fingerprint density at radius 1 is 0.952 bits per heavy atom. The van der Waals surface area contributed by atoms with Crippen LogP contribution in [0.15, 0.2) is 91.3 Å². The Morgan fingerprint density at radius 2 is 1.67 bits per heavy atom. The topological polar surface area (TPSA) is 99.1 Å². The van der Waals surface area contributed by atoms with Gasteiger partial charge < -0.3 is 14.7 Å². The molecule has 2 aliphatic heterocycles. The predicted molar refractivity (Wildman–Crippen MR) is 159 cm³/mol. The molecule has 214 valence electrons. The van der Waals surface area contributed by atoms with E-state index in [2.05, 4.69) is 25.8 Å². The number of carbonyl (C=O) groups excluding carboxylic acids is 1. The minimum atomic E-state index is -0.992. The van der Waals surface area contributed by atoms with Crippen molar-refractivity contribution in [2.45, 2.75) is 31.5 Å². The molecule has 2 aliphatic rings. The summed E-state index contributed by atoms with van der Waals surface area (Å²) in [4.78, 5) is 39.8. The summed E-state index contributed by atoms with van der Waals surface area (Å²) in [6, 6.07) is 24.0. The zero-order valence-corrected chi connectivity index (χ0v) is 23.6. The number of hydrogen-bond acceptors (Lipinski definition) is 6. The van der Waals surface area contributed by atoms with Crippen LogP contribution in [0.1, 0.15) is 40.4 Å². The molecule has 1 aromatic heterocycles. The van der Waals surface area contributed by atoms with Crippen molar-refractivity contribution in [1.82, 2.24) is 19.8 Å². The first kappa shape index (κ1) is 27.7. The van der Waals surface area contributed by atoms with Crippen LogP contribution >= 0.6 is 11.6 Å². The van der Waals surface area contributed by atoms with Gasteiger partial charge in [0.05, 0.1) is 18.2 Å². The molecule has 0 spiro atoms. The Labute approximate surface area is 248 Å². The molecule has 9 nitrogen and oxygen atoms in total. The standard InChI is InChI=1S/C32H30ClN5O4/c33-25-6-4-5-24(17-25)29-21-37(26-7-2-1-3-8-26)32(41)38(29)27-13-15-36(16-14-27)20-22-18-34-31(35-19-22)42-28-11-9-23(10-12-28)30(39)40/h1-12,17-19,27,29H,13-16,20-21H2,(H,39,40). The van der Waals surface area contributed by atoms with E-state index in [0.29, 0.717) is 23.9 Å². The number of rotatable bonds is 8. The molecule has 0 radical (unpaired) electrons. The highest BCUT2D eigenvalue weighted by Gasteiger charge is 2.43. The molecule has 0 saturated carbocycles. The predicted octanol–water partition coefficient (Wildman–Crippen LogP) is 6.27. The van der Waals surface area contributed by atoms with Gasteiger partial charge in [-0.15, -0.1) is 0 Å². The third-order valence-electron chi connectivity index (χ3n) is 7.79. The molecule has 10 heteroatoms. The van der Waals surface area contributed by atoms with Crippen LogP contribution in [-0.2, 0) is 6.54 Å². The van der Waals surface area contributed by atoms with E-state index in [-0.39, 0.29) is 29.7 Å². The molecule has 2 saturated heterocycles. The highest BCUT2D eigenvalue weighted by molar-refractivity contribution is 6.30. The molecular weight excluding hydrogens is 554 g/mol. The summed E-state index contributed by atoms with van der Waals surface area (Å²) < 4.78 is 5.66. The monoisotopic (exact) mass is 583 g/mol. The number of nitrogens with zero attached hydrogens (tertiary/aromatic N) is 5. The number of para-hydroxylation sites is 1. The summed E-state index contributed by atoms with van der Waals surface area (Å²) in [5.41, 5.74) is 3.10. The average Bonchev–Trinajstić information content (AvgIpc) is 3.36. The lowest BCUT2D eigenvalue weighted by Crippen LogP contribution is -2.47. The van der Waals surface area contributed by atoms with Gasteiger partial charge in [-0.1, -0.05) is 41.9 Å². The number of carboxylic acids is 1. The molecule has 1 unspecified atom stereocenters. The number of carbonyl (C=O) groups is 2. The second-order valence-corrected chi connectivity index (χ2v) is 11.0. The zero-order chi connectivity index (χ0) is 29.1. The number of urea groups is 1. The molecular formula is C32H30ClN5O4. The van der Waals surface area contributed by atoms with Gasteiger partial charge in [-0.2, -0.15) is 0 Å². The minimum Gasteiger partial charge on any atom is -0.478 e. The molecule has 1 atom stereocenters. The van der Waals surface area contributed by atoms with Gasteiger partial charge in [-0.25, -0.2) is 19.6 Å². The van der Waals surface area contributed by atoms with Crippen LogP contribution in [0.2, 0.25) is 5.02 Å². The van der Waals surface area contributed by atoms with Crippen molar-refractivity contribution in [1.29, 1.82) is 0 Å². The number of hydrogen-bond donors (Lipinski definition) is 1. The summed E-state index contributed by atoms with van der Waals surface area (Å²) in [5.74, 6) is -0.526. The molecule has 1 N–H and O–H groups in total. The Bertz CT molecular complexity index is 1540. The third-order valence-corrected chi connectivity index (χ3v) is 8.03. The lowest BCUT2D eigenvalue weighted by molar-refractivity contribution is 0.0697. The Kier molecular flexibility index (Phi) is 8.03. The van der Waals surface area contributed by atoms with Crippen LogP contribution in [0.5, 0.6) is 11.8 Å². The van der Waals surface area contributed by atoms with Crippen LogP contribution in [0.3, 0.4) is 0 Å². The summed E-state index contributed by atoms with van der Waals surface area (Å²) in [6.07, 6.45) is 5.22. The Balaban J connectivity index is 1.09. The fourth-order valence-electron chi connectivity index (χ4n) is 5.69. The van der Waals surface area contributed by atoms with Crippen molar-refractivity contribution in [3.05, 3.63) is 113 Å². The van der Waals surface area contributed by atoms with Gasteiger partial charge in [-0.3, -0.25) is 9.80 Å². The van der Waals surface area contributed by atoms with Crippen LogP contribution in [0.25, 0.3) is 0 Å². The maximum absolute atomic E-state index is 13.8. The number of aromatic nitrogens is 2. The van der Waals surface area contributed by atoms with Crippen molar-refractivity contribution in [2.75, 3.05) is 24.5 Å². The van der Waals surface area contributed by atoms with Crippen LogP contribution in [0, 0.1) is 0 Å². The summed E-state index contributed by atoms with van der Waals surface area (Å²) in [6.45, 7) is 2.97. The number of piperidine rings is 1. The molecule has 2 fully saturated rings. The summed E-state index contributed by atoms with van der Waals surface area (Å²) in [7, 11) is 0. The SMILES string of the molecule is O=C(O)c1ccc(Oc2ncc(CN3CCC(N4C(=O)N(c5ccccc5)CC4c4cccc(Cl)c4)CC3)cn2)cc1. The average molecular weight is 584 g/mol. The lowest BCUT2D eigenvalue weighted by atomic mass is 9.99. The largest absolute Gasteiger partial charge is 0.478 e. The van der Waals surface area contributed by atoms with Gasteiger partial charge in [0.25, 0.3) is 0 Å². The van der Waals surface area contributed by atoms with Gasteiger partial charge in [0, 0.05) is 54.3 Å². The second kappa shape index (κ2) is 12.2. The number of anilines is 1. The van der Waals surface area contributed by atoms with Crippen LogP contribution in [0.4, 0.5) is 10.5 Å². The van der Waals surface area contributed by atoms with Crippen molar-refractivity contribution in [3.63, 3.8) is 0 Å². The normalized spacial score (nSPS) is 17.9. The number of ether oxygens (including phenoxy) is 1. The van der Waals surface area contributed by atoms with Gasteiger partial charge in [0.2, 0.25) is 0 Å². The molecule has 3 heterocycles. The molecule has 2 amide bonds. The van der Waals surface area contributed by atoms with Gasteiger partial charge in [0.1, 0.15) is 5.75 Å². The number of aromatic carboxylic acids is 1. The van der Waals surface area contributed by atoms with E-state index < -0.39 is 5.97 Å². The van der Waals surface area contributed by atoms with E-state index in [0.717, 1.165) is 42.7 Å². The number of benzene rings is 3. The number of amides is 2. The molecule has 3 aromatic carbocycles. The summed E-state index contributed by atoms with van der Waals surface area (Å²) >= 11 is 6.35. The smallest absolute Gasteiger partial charge is 0.335 e. The quantitative estimate of drug-likeness (QED) is 0.261. The maximum atomic E-state index is 13.8. The molecule has 6 rings (SSSR count). The van der Waals surface area contributed by atoms with E-state index in [1.54, 1.807) is 24.5 Å². The van der Waals surface area contributed by atoms with Crippen molar-refractivity contribution in [3.8, 4) is 11.8 Å². The third kappa shape index (κ3) is 6.07. The van der Waals surface area contributed by atoms with E-state index in [4.69, 9.17) is 21.4 Å². The molecule has 0 aliphatic carbocycles. The van der Waals surface area contributed by atoms with E-state index >= 15 is 0 Å². The zero-order valence-electron chi connectivity index (χ0n) is 22.8. The first-order chi connectivity index (χ1) is 20.4. The van der Waals surface area contributed by atoms with Crippen molar-refractivity contribution < 1.29 is 19.4 Å². The Morgan fingerprint density at radius 3 is 2.33 bits per heavy atom. The van der Waals surface area contributed by atoms with Gasteiger partial charge in [0.15, 0.2) is 0 Å². The fraction of sp³-hybridized carbons (Fsp3) is 0.250. The number of carboxylic acid groups (broad SMARTS) is 1. The minimum absolute atomic E-state index is 0.0335. The second-order valence-electron chi connectivity index (χ2n) is 10.5.